The molecule has 6 aromatic heterocycles. The molecule has 0 amide bonds. The van der Waals surface area contributed by atoms with E-state index in [0.29, 0.717) is 34.8 Å². The minimum Gasteiger partial charge on any atom is -0.495 e. The van der Waals surface area contributed by atoms with Crippen LogP contribution in [-0.4, -0.2) is 52.7 Å². The second kappa shape index (κ2) is 19.2. The maximum Gasteiger partial charge on any atom is 0.416 e. The van der Waals surface area contributed by atoms with Crippen LogP contribution < -0.4 is 32.2 Å². The van der Waals surface area contributed by atoms with Crippen LogP contribution in [0, 0.1) is 12.7 Å². The number of rotatable bonds is 7. The quantitative estimate of drug-likeness (QED) is 0.0699. The monoisotopic (exact) mass is 956 g/mol. The second-order valence-corrected chi connectivity index (χ2v) is 15.9. The number of aromatic nitrogens is 9. The third-order valence-electron chi connectivity index (χ3n) is 11.4. The Morgan fingerprint density at radius 1 is 0.521 bits per heavy atom. The lowest BCUT2D eigenvalue weighted by Crippen LogP contribution is -2.04. The first-order valence-electron chi connectivity index (χ1n) is 21.6. The number of aryl methyl sites for hydroxylation is 1. The van der Waals surface area contributed by atoms with E-state index in [0.717, 1.165) is 100 Å². The second-order valence-electron chi connectivity index (χ2n) is 15.9. The Kier molecular flexibility index (Phi) is 12.6. The van der Waals surface area contributed by atoms with Gasteiger partial charge in [-0.05, 0) is 85.8 Å². The number of nitrogens with zero attached hydrogens (tertiary/aromatic N) is 6. The highest BCUT2D eigenvalue weighted by molar-refractivity contribution is 6.14. The van der Waals surface area contributed by atoms with Gasteiger partial charge in [0.15, 0.2) is 11.6 Å². The Bertz CT molecular complexity index is 3850. The highest BCUT2D eigenvalue weighted by Crippen LogP contribution is 2.37. The molecule has 0 radical (unpaired) electrons. The van der Waals surface area contributed by atoms with Crippen LogP contribution in [0.3, 0.4) is 0 Å². The van der Waals surface area contributed by atoms with Crippen LogP contribution >= 0.6 is 0 Å². The Labute approximate surface area is 401 Å². The molecule has 19 heteroatoms. The van der Waals surface area contributed by atoms with E-state index < -0.39 is 11.7 Å². The maximum atomic E-state index is 13.0. The van der Waals surface area contributed by atoms with Crippen LogP contribution in [0.5, 0.6) is 5.75 Å². The van der Waals surface area contributed by atoms with Crippen LogP contribution in [0.2, 0.25) is 0 Å². The molecule has 0 spiro atoms. The number of alkyl halides is 3. The number of aromatic amines is 3. The normalized spacial score (nSPS) is 11.2. The lowest BCUT2D eigenvalue weighted by Gasteiger charge is -2.12. The molecule has 0 atom stereocenters. The molecule has 0 aliphatic rings. The molecule has 71 heavy (non-hydrogen) atoms. The zero-order valence-electron chi connectivity index (χ0n) is 37.1. The van der Waals surface area contributed by atoms with Gasteiger partial charge < -0.3 is 32.2 Å². The number of fused-ring (bicyclic) bond motifs is 9. The zero-order valence-corrected chi connectivity index (χ0v) is 37.1. The molecule has 0 bridgehead atoms. The molecule has 12 rings (SSSR count). The fraction of sp³-hybridized carbons (Fsp3) is 0.0769. The van der Waals surface area contributed by atoms with Crippen LogP contribution in [-0.2, 0) is 6.18 Å². The van der Waals surface area contributed by atoms with E-state index in [-0.39, 0.29) is 13.2 Å². The minimum atomic E-state index is -4.35. The summed E-state index contributed by atoms with van der Waals surface area (Å²) in [6, 6.07) is 41.8. The summed E-state index contributed by atoms with van der Waals surface area (Å²) in [5, 5.41) is 36.2. The Balaban J connectivity index is 0.000000131. The average Bonchev–Trinajstić information content (AvgIpc) is 4.09. The number of pyridine rings is 3. The first-order valence-corrected chi connectivity index (χ1v) is 21.6. The van der Waals surface area contributed by atoms with Crippen molar-refractivity contribution in [1.82, 2.24) is 45.5 Å². The third kappa shape index (κ3) is 9.26. The minimum absolute atomic E-state index is 0. The van der Waals surface area contributed by atoms with Crippen LogP contribution in [0.4, 0.5) is 63.7 Å². The van der Waals surface area contributed by atoms with E-state index in [1.165, 1.54) is 24.3 Å². The highest BCUT2D eigenvalue weighted by Gasteiger charge is 2.30. The molecule has 0 unspecified atom stereocenters. The molecular weight excluding hydrogens is 913 g/mol. The number of halogens is 4. The van der Waals surface area contributed by atoms with Crippen molar-refractivity contribution in [3.63, 3.8) is 0 Å². The molecular formula is C52H44F4N14O. The summed E-state index contributed by atoms with van der Waals surface area (Å²) in [4.78, 5) is 13.9. The molecule has 0 saturated heterocycles. The Hall–Kier alpha value is -9.52. The molecule has 12 aromatic rings. The molecule has 6 aromatic carbocycles. The van der Waals surface area contributed by atoms with Crippen molar-refractivity contribution >= 4 is 112 Å². The van der Waals surface area contributed by atoms with Gasteiger partial charge in [-0.2, -0.15) is 28.5 Å². The van der Waals surface area contributed by atoms with E-state index in [2.05, 4.69) is 56.5 Å². The van der Waals surface area contributed by atoms with E-state index in [9.17, 15) is 17.6 Å². The predicted molar refractivity (Wildman–Crippen MR) is 275 cm³/mol. The number of nitrogens with one attached hydrogen (secondary N) is 6. The summed E-state index contributed by atoms with van der Waals surface area (Å²) >= 11 is 0. The standard InChI is InChI=1S/C18H13F3N4.C17H15N5O.C16H12FN5.CH4/c1-10-15-16(25-24-10)13-4-2-3-5-14(13)23-17(15)22-12-8-6-11(7-9-12)18(19,20)21;1-23-13-9-5-4-8-12(13)20-17-14-15(21-22-16(14)18)10-6-2-3-7-11(10)19-17;17-9-5-7-10(8-6-9)19-16-13-14(21-22-15(13)18)11-3-1-2-4-12(11)20-16;/h2-9H,1H3,(H,22,23)(H,24,25);2-9H,1H3,(H,19,20)(H3,18,21,22);1-8H,(H,19,20)(H3,18,21,22);1H4. The van der Waals surface area contributed by atoms with Gasteiger partial charge in [0.1, 0.15) is 34.5 Å². The highest BCUT2D eigenvalue weighted by atomic mass is 19.4. The molecule has 15 nitrogen and oxygen atoms in total. The zero-order chi connectivity index (χ0) is 48.5. The molecule has 0 saturated carbocycles. The maximum absolute atomic E-state index is 13.0. The van der Waals surface area contributed by atoms with E-state index in [4.69, 9.17) is 21.2 Å². The van der Waals surface area contributed by atoms with E-state index >= 15 is 0 Å². The average molecular weight is 957 g/mol. The molecule has 0 aliphatic carbocycles. The van der Waals surface area contributed by atoms with Crippen molar-refractivity contribution in [2.45, 2.75) is 20.5 Å². The number of nitrogen functional groups attached to an aromatic ring is 2. The van der Waals surface area contributed by atoms with Crippen LogP contribution in [0.25, 0.3) is 65.4 Å². The van der Waals surface area contributed by atoms with Gasteiger partial charge in [-0.1, -0.05) is 74.2 Å². The van der Waals surface area contributed by atoms with Gasteiger partial charge in [0, 0.05) is 33.2 Å². The largest absolute Gasteiger partial charge is 0.495 e. The number of hydrogen-bond donors (Lipinski definition) is 8. The van der Waals surface area contributed by atoms with Crippen molar-refractivity contribution in [1.29, 1.82) is 0 Å². The number of para-hydroxylation sites is 5. The van der Waals surface area contributed by atoms with Crippen LogP contribution in [0.1, 0.15) is 18.7 Å². The Morgan fingerprint density at radius 2 is 0.972 bits per heavy atom. The van der Waals surface area contributed by atoms with Gasteiger partial charge in [-0.15, -0.1) is 0 Å². The smallest absolute Gasteiger partial charge is 0.416 e. The molecule has 0 aliphatic heterocycles. The Morgan fingerprint density at radius 3 is 1.51 bits per heavy atom. The van der Waals surface area contributed by atoms with Gasteiger partial charge in [-0.3, -0.25) is 15.3 Å². The fourth-order valence-corrected chi connectivity index (χ4v) is 8.06. The summed E-state index contributed by atoms with van der Waals surface area (Å²) in [6.07, 6.45) is -4.35. The molecule has 10 N–H and O–H groups in total. The number of ether oxygens (including phenoxy) is 1. The summed E-state index contributed by atoms with van der Waals surface area (Å²) in [5.41, 5.74) is 19.1. The fourth-order valence-electron chi connectivity index (χ4n) is 8.06. The number of H-pyrrole nitrogens is 3. The van der Waals surface area contributed by atoms with Crippen molar-refractivity contribution in [3.05, 3.63) is 163 Å². The van der Waals surface area contributed by atoms with E-state index in [1.807, 2.05) is 104 Å². The third-order valence-corrected chi connectivity index (χ3v) is 11.4. The van der Waals surface area contributed by atoms with Gasteiger partial charge >= 0.3 is 6.18 Å². The van der Waals surface area contributed by atoms with Crippen molar-refractivity contribution in [2.24, 2.45) is 0 Å². The van der Waals surface area contributed by atoms with E-state index in [1.54, 1.807) is 19.2 Å². The van der Waals surface area contributed by atoms with Gasteiger partial charge in [0.25, 0.3) is 0 Å². The first-order chi connectivity index (χ1) is 33.9. The lowest BCUT2D eigenvalue weighted by molar-refractivity contribution is -0.137. The molecule has 0 fully saturated rings. The summed E-state index contributed by atoms with van der Waals surface area (Å²) < 4.78 is 56.5. The summed E-state index contributed by atoms with van der Waals surface area (Å²) in [6.45, 7) is 1.88. The number of benzene rings is 6. The number of hydrogen-bond acceptors (Lipinski definition) is 12. The first kappa shape index (κ1) is 46.6. The topological polar surface area (TPSA) is 222 Å². The predicted octanol–water partition coefficient (Wildman–Crippen LogP) is 12.8. The number of nitrogens with two attached hydrogens (primary N) is 2. The number of anilines is 8. The summed E-state index contributed by atoms with van der Waals surface area (Å²) in [5.74, 6) is 3.02. The van der Waals surface area contributed by atoms with Crippen molar-refractivity contribution < 1.29 is 22.3 Å². The van der Waals surface area contributed by atoms with Crippen molar-refractivity contribution in [3.8, 4) is 5.75 Å². The SMILES string of the molecule is C.COc1ccccc1Nc1nc2ccccc2c2[nH]nc(N)c12.Cc1[nH]nc2c1c(Nc1ccc(C(F)(F)F)cc1)nc1ccccc12.Nc1n[nH]c2c1c(Nc1ccc(F)cc1)nc1ccccc12. The van der Waals surface area contributed by atoms with Crippen molar-refractivity contribution in [2.75, 3.05) is 34.5 Å². The van der Waals surface area contributed by atoms with Gasteiger partial charge in [0.05, 0.1) is 62.1 Å². The lowest BCUT2D eigenvalue weighted by atomic mass is 10.1. The van der Waals surface area contributed by atoms with Gasteiger partial charge in [0.2, 0.25) is 0 Å². The number of methoxy groups -OCH3 is 1. The molecule has 356 valence electrons. The van der Waals surface area contributed by atoms with Crippen LogP contribution in [0.15, 0.2) is 146 Å². The molecule has 6 heterocycles. The summed E-state index contributed by atoms with van der Waals surface area (Å²) in [7, 11) is 1.64. The van der Waals surface area contributed by atoms with Gasteiger partial charge in [-0.25, -0.2) is 19.3 Å².